The van der Waals surface area contributed by atoms with Crippen molar-refractivity contribution in [3.63, 3.8) is 0 Å². The summed E-state index contributed by atoms with van der Waals surface area (Å²) in [6.45, 7) is 1.55. The molecule has 3 aromatic rings. The predicted molar refractivity (Wildman–Crippen MR) is 100 cm³/mol. The molecule has 0 fully saturated rings. The Hall–Kier alpha value is -2.91. The summed E-state index contributed by atoms with van der Waals surface area (Å²) in [5.74, 6) is 0.833. The Kier molecular flexibility index (Phi) is 4.33. The standard InChI is InChI=1S/C18H19N5O3S/c1-26-16-5-2-13-8-9-22(18(13)10-16)11-14-12-23(21-20-14)15-3-6-17(7-4-15)27(19,24)25/h2-7,10,12H,8-9,11H2,1H3,(H2,19,24,25). The molecule has 4 rings (SSSR count). The normalized spacial score (nSPS) is 13.6. The summed E-state index contributed by atoms with van der Waals surface area (Å²) in [4.78, 5) is 2.31. The fraction of sp³-hybridized carbons (Fsp3) is 0.222. The smallest absolute Gasteiger partial charge is 0.238 e. The number of anilines is 1. The van der Waals surface area contributed by atoms with E-state index in [9.17, 15) is 8.42 Å². The Morgan fingerprint density at radius 1 is 1.19 bits per heavy atom. The van der Waals surface area contributed by atoms with Crippen LogP contribution in [0.5, 0.6) is 5.75 Å². The first-order chi connectivity index (χ1) is 12.9. The molecule has 1 aliphatic rings. The van der Waals surface area contributed by atoms with Crippen LogP contribution in [0.25, 0.3) is 5.69 Å². The predicted octanol–water partition coefficient (Wildman–Crippen LogP) is 1.49. The zero-order chi connectivity index (χ0) is 19.0. The highest BCUT2D eigenvalue weighted by molar-refractivity contribution is 7.89. The van der Waals surface area contributed by atoms with Gasteiger partial charge in [-0.25, -0.2) is 18.2 Å². The molecule has 0 unspecified atom stereocenters. The Morgan fingerprint density at radius 3 is 2.67 bits per heavy atom. The number of nitrogens with zero attached hydrogens (tertiary/aromatic N) is 4. The van der Waals surface area contributed by atoms with Crippen molar-refractivity contribution in [1.29, 1.82) is 0 Å². The highest BCUT2D eigenvalue weighted by Gasteiger charge is 2.21. The summed E-state index contributed by atoms with van der Waals surface area (Å²) in [6, 6.07) is 12.3. The minimum Gasteiger partial charge on any atom is -0.497 e. The lowest BCUT2D eigenvalue weighted by molar-refractivity contribution is 0.415. The molecule has 1 aliphatic heterocycles. The lowest BCUT2D eigenvalue weighted by atomic mass is 10.1. The summed E-state index contributed by atoms with van der Waals surface area (Å²) < 4.78 is 29.6. The average Bonchev–Trinajstić information content (AvgIpc) is 3.28. The van der Waals surface area contributed by atoms with Crippen LogP contribution in [-0.4, -0.2) is 37.1 Å². The highest BCUT2D eigenvalue weighted by Crippen LogP contribution is 2.32. The van der Waals surface area contributed by atoms with Crippen molar-refractivity contribution in [2.75, 3.05) is 18.6 Å². The molecule has 140 valence electrons. The van der Waals surface area contributed by atoms with Crippen LogP contribution < -0.4 is 14.8 Å². The number of benzene rings is 2. The Labute approximate surface area is 157 Å². The van der Waals surface area contributed by atoms with Crippen LogP contribution in [0.1, 0.15) is 11.3 Å². The SMILES string of the molecule is COc1ccc2c(c1)N(Cc1cn(-c3ccc(S(N)(=O)=O)cc3)nn1)CC2. The molecule has 0 radical (unpaired) electrons. The second-order valence-corrected chi connectivity index (χ2v) is 7.92. The molecular formula is C18H19N5O3S. The fourth-order valence-corrected chi connectivity index (χ4v) is 3.71. The van der Waals surface area contributed by atoms with Gasteiger partial charge in [-0.1, -0.05) is 11.3 Å². The van der Waals surface area contributed by atoms with Gasteiger partial charge in [0.05, 0.1) is 30.4 Å². The van der Waals surface area contributed by atoms with Gasteiger partial charge in [0.1, 0.15) is 11.4 Å². The summed E-state index contributed by atoms with van der Waals surface area (Å²) in [5.41, 5.74) is 3.98. The van der Waals surface area contributed by atoms with Gasteiger partial charge in [-0.15, -0.1) is 5.10 Å². The molecule has 0 atom stereocenters. The quantitative estimate of drug-likeness (QED) is 0.714. The van der Waals surface area contributed by atoms with Crippen molar-refractivity contribution in [2.24, 2.45) is 5.14 Å². The van der Waals surface area contributed by atoms with Crippen molar-refractivity contribution in [1.82, 2.24) is 15.0 Å². The van der Waals surface area contributed by atoms with Crippen LogP contribution in [0.3, 0.4) is 0 Å². The number of hydrogen-bond donors (Lipinski definition) is 1. The molecule has 2 aromatic carbocycles. The second-order valence-electron chi connectivity index (χ2n) is 6.36. The number of nitrogens with two attached hydrogens (primary N) is 1. The first kappa shape index (κ1) is 17.5. The molecule has 2 N–H and O–H groups in total. The number of aromatic nitrogens is 3. The minimum atomic E-state index is -3.71. The lowest BCUT2D eigenvalue weighted by Crippen LogP contribution is -2.19. The van der Waals surface area contributed by atoms with E-state index in [-0.39, 0.29) is 4.90 Å². The lowest BCUT2D eigenvalue weighted by Gasteiger charge is -2.18. The zero-order valence-corrected chi connectivity index (χ0v) is 15.6. The van der Waals surface area contributed by atoms with Crippen molar-refractivity contribution in [2.45, 2.75) is 17.9 Å². The molecule has 2 heterocycles. The van der Waals surface area contributed by atoms with E-state index in [0.29, 0.717) is 12.2 Å². The van der Waals surface area contributed by atoms with Gasteiger partial charge in [-0.3, -0.25) is 0 Å². The van der Waals surface area contributed by atoms with E-state index in [1.165, 1.54) is 17.7 Å². The number of sulfonamides is 1. The number of hydrogen-bond acceptors (Lipinski definition) is 6. The van der Waals surface area contributed by atoms with Crippen molar-refractivity contribution < 1.29 is 13.2 Å². The maximum absolute atomic E-state index is 11.4. The van der Waals surface area contributed by atoms with Gasteiger partial charge in [0.2, 0.25) is 10.0 Å². The van der Waals surface area contributed by atoms with E-state index in [1.54, 1.807) is 23.9 Å². The Bertz CT molecular complexity index is 1080. The molecule has 9 heteroatoms. The van der Waals surface area contributed by atoms with Gasteiger partial charge in [0.15, 0.2) is 0 Å². The van der Waals surface area contributed by atoms with Crippen molar-refractivity contribution in [3.8, 4) is 11.4 Å². The Balaban J connectivity index is 1.53. The summed E-state index contributed by atoms with van der Waals surface area (Å²) >= 11 is 0. The molecule has 0 amide bonds. The molecule has 0 aliphatic carbocycles. The molecule has 0 saturated carbocycles. The van der Waals surface area contributed by atoms with Crippen molar-refractivity contribution in [3.05, 3.63) is 59.9 Å². The molecule has 27 heavy (non-hydrogen) atoms. The maximum atomic E-state index is 11.4. The van der Waals surface area contributed by atoms with Crippen LogP contribution in [0.15, 0.2) is 53.6 Å². The van der Waals surface area contributed by atoms with Crippen LogP contribution >= 0.6 is 0 Å². The number of methoxy groups -OCH3 is 1. The summed E-state index contributed by atoms with van der Waals surface area (Å²) in [5, 5.41) is 13.5. The minimum absolute atomic E-state index is 0.0641. The number of primary sulfonamides is 1. The second kappa shape index (κ2) is 6.67. The van der Waals surface area contributed by atoms with Gasteiger partial charge in [0.25, 0.3) is 0 Å². The van der Waals surface area contributed by atoms with E-state index in [4.69, 9.17) is 9.88 Å². The van der Waals surface area contributed by atoms with E-state index in [1.807, 2.05) is 18.3 Å². The highest BCUT2D eigenvalue weighted by atomic mass is 32.2. The van der Waals surface area contributed by atoms with Gasteiger partial charge in [-0.2, -0.15) is 0 Å². The van der Waals surface area contributed by atoms with Gasteiger partial charge >= 0.3 is 0 Å². The number of ether oxygens (including phenoxy) is 1. The first-order valence-electron chi connectivity index (χ1n) is 8.40. The van der Waals surface area contributed by atoms with Crippen LogP contribution in [0.4, 0.5) is 5.69 Å². The number of fused-ring (bicyclic) bond motifs is 1. The monoisotopic (exact) mass is 385 g/mol. The Morgan fingerprint density at radius 2 is 1.96 bits per heavy atom. The molecule has 0 saturated heterocycles. The topological polar surface area (TPSA) is 103 Å². The number of rotatable bonds is 5. The summed E-state index contributed by atoms with van der Waals surface area (Å²) in [7, 11) is -2.05. The molecule has 0 spiro atoms. The molecule has 0 bridgehead atoms. The van der Waals surface area contributed by atoms with Crippen LogP contribution in [0.2, 0.25) is 0 Å². The van der Waals surface area contributed by atoms with Gasteiger partial charge < -0.3 is 9.64 Å². The van der Waals surface area contributed by atoms with E-state index in [2.05, 4.69) is 21.3 Å². The summed E-state index contributed by atoms with van der Waals surface area (Å²) in [6.07, 6.45) is 2.83. The fourth-order valence-electron chi connectivity index (χ4n) is 3.20. The van der Waals surface area contributed by atoms with Gasteiger partial charge in [0, 0.05) is 18.3 Å². The van der Waals surface area contributed by atoms with Crippen molar-refractivity contribution >= 4 is 15.7 Å². The molecular weight excluding hydrogens is 366 g/mol. The zero-order valence-electron chi connectivity index (χ0n) is 14.7. The van der Waals surface area contributed by atoms with E-state index < -0.39 is 10.0 Å². The molecule has 8 nitrogen and oxygen atoms in total. The maximum Gasteiger partial charge on any atom is 0.238 e. The van der Waals surface area contributed by atoms with Crippen LogP contribution in [-0.2, 0) is 23.0 Å². The first-order valence-corrected chi connectivity index (χ1v) is 9.95. The third kappa shape index (κ3) is 3.51. The van der Waals surface area contributed by atoms with Gasteiger partial charge in [-0.05, 0) is 42.3 Å². The largest absolute Gasteiger partial charge is 0.497 e. The third-order valence-corrected chi connectivity index (χ3v) is 5.54. The van der Waals surface area contributed by atoms with E-state index >= 15 is 0 Å². The third-order valence-electron chi connectivity index (χ3n) is 4.61. The van der Waals surface area contributed by atoms with E-state index in [0.717, 1.165) is 30.1 Å². The molecule has 1 aromatic heterocycles. The average molecular weight is 385 g/mol. The van der Waals surface area contributed by atoms with Crippen LogP contribution in [0, 0.1) is 0 Å².